The highest BCUT2D eigenvalue weighted by Crippen LogP contribution is 2.36. The molecule has 0 aliphatic heterocycles. The van der Waals surface area contributed by atoms with Crippen LogP contribution in [0.5, 0.6) is 0 Å². The molecule has 18 heavy (non-hydrogen) atoms. The van der Waals surface area contributed by atoms with E-state index in [-0.39, 0.29) is 5.41 Å². The lowest BCUT2D eigenvalue weighted by molar-refractivity contribution is 0.532. The lowest BCUT2D eigenvalue weighted by atomic mass is 9.78. The second-order valence-corrected chi connectivity index (χ2v) is 7.72. The summed E-state index contributed by atoms with van der Waals surface area (Å²) in [5, 5.41) is 0. The zero-order chi connectivity index (χ0) is 13.3. The molecule has 0 unspecified atom stereocenters. The molecule has 0 spiro atoms. The van der Waals surface area contributed by atoms with Crippen LogP contribution in [0.25, 0.3) is 5.57 Å². The molecule has 1 aliphatic rings. The second kappa shape index (κ2) is 5.49. The average Bonchev–Trinajstić information content (AvgIpc) is 2.36. The van der Waals surface area contributed by atoms with Crippen molar-refractivity contribution >= 4 is 50.8 Å². The third kappa shape index (κ3) is 3.07. The van der Waals surface area contributed by atoms with Gasteiger partial charge in [0.1, 0.15) is 0 Å². The predicted molar refractivity (Wildman–Crippen MR) is 97.1 cm³/mol. The summed E-state index contributed by atoms with van der Waals surface area (Å²) in [5.74, 6) is 0. The van der Waals surface area contributed by atoms with E-state index < -0.39 is 0 Å². The molecule has 0 atom stereocenters. The monoisotopic (exact) mass is 462 g/mol. The van der Waals surface area contributed by atoms with Crippen molar-refractivity contribution in [1.82, 2.24) is 0 Å². The number of benzene rings is 1. The Morgan fingerprint density at radius 2 is 1.89 bits per heavy atom. The molecule has 0 nitrogen and oxygen atoms in total. The molecule has 2 rings (SSSR count). The Hall–Kier alpha value is -0.100. The van der Waals surface area contributed by atoms with Gasteiger partial charge in [0.15, 0.2) is 0 Å². The largest absolute Gasteiger partial charge is 0.0911 e. The molecule has 1 aromatic rings. The summed E-state index contributed by atoms with van der Waals surface area (Å²) in [6, 6.07) is 6.65. The van der Waals surface area contributed by atoms with Gasteiger partial charge in [-0.05, 0) is 91.9 Å². The molecule has 2 heteroatoms. The van der Waals surface area contributed by atoms with Crippen LogP contribution < -0.4 is 0 Å². The topological polar surface area (TPSA) is 0 Å². The molecule has 0 saturated heterocycles. The van der Waals surface area contributed by atoms with Gasteiger partial charge in [-0.3, -0.25) is 0 Å². The first-order valence-corrected chi connectivity index (χ1v) is 8.09. The van der Waals surface area contributed by atoms with Crippen molar-refractivity contribution in [3.8, 4) is 0 Å². The fraction of sp³-hybridized carbons (Fsp3) is 0.250. The Morgan fingerprint density at radius 1 is 1.17 bits per heavy atom. The van der Waals surface area contributed by atoms with E-state index >= 15 is 0 Å². The maximum absolute atomic E-state index is 4.21. The molecule has 0 aromatic heterocycles. The van der Waals surface area contributed by atoms with Gasteiger partial charge in [0.05, 0.1) is 0 Å². The molecule has 0 saturated carbocycles. The van der Waals surface area contributed by atoms with Gasteiger partial charge in [-0.1, -0.05) is 38.6 Å². The number of allylic oxidation sites excluding steroid dienone is 5. The number of hydrogen-bond donors (Lipinski definition) is 0. The second-order valence-electron chi connectivity index (χ2n) is 5.23. The van der Waals surface area contributed by atoms with Gasteiger partial charge < -0.3 is 0 Å². The summed E-state index contributed by atoms with van der Waals surface area (Å²) in [7, 11) is 0. The van der Waals surface area contributed by atoms with Gasteiger partial charge >= 0.3 is 0 Å². The highest BCUT2D eigenvalue weighted by atomic mass is 127. The van der Waals surface area contributed by atoms with Crippen LogP contribution in [0.1, 0.15) is 31.4 Å². The van der Waals surface area contributed by atoms with Crippen molar-refractivity contribution in [3.63, 3.8) is 0 Å². The summed E-state index contributed by atoms with van der Waals surface area (Å²) in [6.07, 6.45) is 7.62. The van der Waals surface area contributed by atoms with Crippen molar-refractivity contribution < 1.29 is 0 Å². The van der Waals surface area contributed by atoms with E-state index in [1.165, 1.54) is 18.3 Å². The van der Waals surface area contributed by atoms with E-state index in [0.29, 0.717) is 0 Å². The quantitative estimate of drug-likeness (QED) is 0.424. The highest BCUT2D eigenvalue weighted by molar-refractivity contribution is 14.1. The Bertz CT molecular complexity index is 548. The zero-order valence-corrected chi connectivity index (χ0v) is 14.9. The molecule has 1 aromatic carbocycles. The summed E-state index contributed by atoms with van der Waals surface area (Å²) in [6.45, 7) is 8.82. The van der Waals surface area contributed by atoms with Crippen LogP contribution in [0.2, 0.25) is 0 Å². The fourth-order valence-corrected chi connectivity index (χ4v) is 3.05. The van der Waals surface area contributed by atoms with Crippen LogP contribution >= 0.6 is 45.2 Å². The average molecular weight is 462 g/mol. The summed E-state index contributed by atoms with van der Waals surface area (Å²) < 4.78 is 2.57. The van der Waals surface area contributed by atoms with Crippen LogP contribution in [0.15, 0.2) is 46.6 Å². The van der Waals surface area contributed by atoms with E-state index in [2.05, 4.69) is 102 Å². The number of rotatable bonds is 0. The minimum Gasteiger partial charge on any atom is -0.0911 e. The fourth-order valence-electron chi connectivity index (χ4n) is 2.16. The van der Waals surface area contributed by atoms with Crippen LogP contribution in [0.4, 0.5) is 0 Å². The third-order valence-corrected chi connectivity index (χ3v) is 4.78. The van der Waals surface area contributed by atoms with E-state index in [1.807, 2.05) is 0 Å². The van der Waals surface area contributed by atoms with E-state index in [1.54, 1.807) is 0 Å². The standard InChI is InChI=1S/C16H16I2/c1-11-4-5-12(17)8-9-16(2,3)15-10-13(18)6-7-14(11)15/h4-8,10H,1,9H2,2-3H3/b5-4-,12-8+. The minimum atomic E-state index is 0.141. The number of halogens is 2. The molecule has 1 aliphatic carbocycles. The van der Waals surface area contributed by atoms with E-state index in [9.17, 15) is 0 Å². The molecular weight excluding hydrogens is 446 g/mol. The SMILES string of the molecule is C=C1/C=C\C(I)=C/CC(C)(C)c2cc(I)ccc21. The zero-order valence-electron chi connectivity index (χ0n) is 10.6. The number of hydrogen-bond acceptors (Lipinski definition) is 0. The van der Waals surface area contributed by atoms with Crippen molar-refractivity contribution in [2.45, 2.75) is 25.7 Å². The maximum Gasteiger partial charge on any atom is 0.0133 e. The smallest absolute Gasteiger partial charge is 0.0133 e. The Labute approximate surface area is 137 Å². The van der Waals surface area contributed by atoms with Gasteiger partial charge in [-0.15, -0.1) is 0 Å². The van der Waals surface area contributed by atoms with Crippen LogP contribution in [0.3, 0.4) is 0 Å². The van der Waals surface area contributed by atoms with Gasteiger partial charge in [-0.2, -0.15) is 0 Å². The molecular formula is C16H16I2. The molecule has 94 valence electrons. The highest BCUT2D eigenvalue weighted by Gasteiger charge is 2.24. The number of fused-ring (bicyclic) bond motifs is 1. The molecule has 0 radical (unpaired) electrons. The van der Waals surface area contributed by atoms with Crippen molar-refractivity contribution in [1.29, 1.82) is 0 Å². The van der Waals surface area contributed by atoms with Crippen molar-refractivity contribution in [2.24, 2.45) is 0 Å². The van der Waals surface area contributed by atoms with Gasteiger partial charge in [0.25, 0.3) is 0 Å². The lowest BCUT2D eigenvalue weighted by Gasteiger charge is -2.27. The molecule has 0 fully saturated rings. The summed E-state index contributed by atoms with van der Waals surface area (Å²) in [4.78, 5) is 0. The molecule has 0 amide bonds. The molecule has 0 heterocycles. The van der Waals surface area contributed by atoms with Gasteiger partial charge in [0, 0.05) is 7.15 Å². The predicted octanol–water partition coefficient (Wildman–Crippen LogP) is 5.86. The van der Waals surface area contributed by atoms with E-state index in [4.69, 9.17) is 0 Å². The first kappa shape index (κ1) is 14.3. The third-order valence-electron chi connectivity index (χ3n) is 3.31. The first-order chi connectivity index (χ1) is 8.40. The van der Waals surface area contributed by atoms with Gasteiger partial charge in [-0.25, -0.2) is 0 Å². The van der Waals surface area contributed by atoms with Crippen molar-refractivity contribution in [2.75, 3.05) is 0 Å². The Balaban J connectivity index is 2.65. The lowest BCUT2D eigenvalue weighted by Crippen LogP contribution is -2.18. The normalized spacial score (nSPS) is 23.1. The van der Waals surface area contributed by atoms with E-state index in [0.717, 1.165) is 12.0 Å². The van der Waals surface area contributed by atoms with Crippen LogP contribution in [0, 0.1) is 3.57 Å². The van der Waals surface area contributed by atoms with Gasteiger partial charge in [0.2, 0.25) is 0 Å². The van der Waals surface area contributed by atoms with Crippen LogP contribution in [-0.2, 0) is 5.41 Å². The summed E-state index contributed by atoms with van der Waals surface area (Å²) >= 11 is 4.76. The Morgan fingerprint density at radius 3 is 2.61 bits per heavy atom. The first-order valence-electron chi connectivity index (χ1n) is 5.93. The summed E-state index contributed by atoms with van der Waals surface area (Å²) in [5.41, 5.74) is 3.91. The van der Waals surface area contributed by atoms with Crippen molar-refractivity contribution in [3.05, 3.63) is 61.3 Å². The van der Waals surface area contributed by atoms with Crippen LogP contribution in [-0.4, -0.2) is 0 Å². The molecule has 0 bridgehead atoms. The maximum atomic E-state index is 4.21. The molecule has 0 N–H and O–H groups in total. The minimum absolute atomic E-state index is 0.141. The Kier molecular flexibility index (Phi) is 4.36.